The van der Waals surface area contributed by atoms with Crippen LogP contribution < -0.4 is 9.62 Å². The third-order valence-electron chi connectivity index (χ3n) is 4.80. The van der Waals surface area contributed by atoms with Gasteiger partial charge in [-0.25, -0.2) is 8.42 Å². The van der Waals surface area contributed by atoms with Crippen molar-refractivity contribution in [3.63, 3.8) is 0 Å². The second-order valence-electron chi connectivity index (χ2n) is 6.92. The van der Waals surface area contributed by atoms with Gasteiger partial charge in [-0.2, -0.15) is 0 Å². The molecule has 1 N–H and O–H groups in total. The van der Waals surface area contributed by atoms with Crippen molar-refractivity contribution in [1.29, 1.82) is 0 Å². The Morgan fingerprint density at radius 2 is 1.76 bits per heavy atom. The molecule has 1 saturated heterocycles. The Labute approximate surface area is 179 Å². The average molecular weight is 449 g/mol. The third kappa shape index (κ3) is 4.88. The molecule has 6 nitrogen and oxygen atoms in total. The van der Waals surface area contributed by atoms with E-state index in [1.807, 2.05) is 18.2 Å². The fourth-order valence-electron chi connectivity index (χ4n) is 3.34. The van der Waals surface area contributed by atoms with Crippen LogP contribution in [0.1, 0.15) is 25.7 Å². The van der Waals surface area contributed by atoms with Crippen LogP contribution in [0.5, 0.6) is 0 Å². The van der Waals surface area contributed by atoms with Gasteiger partial charge in [0.25, 0.3) is 10.0 Å². The summed E-state index contributed by atoms with van der Waals surface area (Å²) in [7, 11) is -3.67. The maximum atomic E-state index is 12.5. The Morgan fingerprint density at radius 1 is 0.966 bits per heavy atom. The molecule has 1 aromatic carbocycles. The number of thiophene rings is 1. The van der Waals surface area contributed by atoms with E-state index in [2.05, 4.69) is 19.8 Å². The molecule has 0 spiro atoms. The van der Waals surface area contributed by atoms with E-state index in [1.54, 1.807) is 24.3 Å². The highest BCUT2D eigenvalue weighted by Crippen LogP contribution is 2.28. The summed E-state index contributed by atoms with van der Waals surface area (Å²) in [4.78, 5) is 2.28. The van der Waals surface area contributed by atoms with E-state index < -0.39 is 10.0 Å². The van der Waals surface area contributed by atoms with Crippen LogP contribution in [0.25, 0.3) is 11.3 Å². The molecule has 0 radical (unpaired) electrons. The molecule has 0 atom stereocenters. The minimum atomic E-state index is -3.67. The summed E-state index contributed by atoms with van der Waals surface area (Å²) in [5.74, 6) is 0.891. The van der Waals surface area contributed by atoms with Crippen molar-refractivity contribution in [3.05, 3.63) is 52.9 Å². The van der Waals surface area contributed by atoms with E-state index in [9.17, 15) is 8.42 Å². The summed E-state index contributed by atoms with van der Waals surface area (Å²) in [6.07, 6.45) is 4.90. The summed E-state index contributed by atoms with van der Waals surface area (Å²) in [5.41, 5.74) is 1.96. The van der Waals surface area contributed by atoms with Gasteiger partial charge in [-0.15, -0.1) is 21.5 Å². The molecule has 0 bridgehead atoms. The highest BCUT2D eigenvalue weighted by molar-refractivity contribution is 7.94. The number of halogens is 1. The lowest BCUT2D eigenvalue weighted by atomic mass is 10.1. The predicted molar refractivity (Wildman–Crippen MR) is 118 cm³/mol. The second kappa shape index (κ2) is 8.69. The van der Waals surface area contributed by atoms with Gasteiger partial charge in [-0.1, -0.05) is 36.6 Å². The zero-order chi connectivity index (χ0) is 20.3. The van der Waals surface area contributed by atoms with E-state index in [-0.39, 0.29) is 4.21 Å². The molecule has 1 aliphatic rings. The molecule has 0 saturated carbocycles. The normalized spacial score (nSPS) is 15.1. The van der Waals surface area contributed by atoms with Crippen LogP contribution in [0.2, 0.25) is 4.34 Å². The monoisotopic (exact) mass is 448 g/mol. The standard InChI is InChI=1S/C20H21ClN4O2S2/c21-18-9-11-20(28-18)29(26,27)24-16-7-5-6-15(14-16)17-8-10-19(23-22-17)25-12-3-1-2-4-13-25/h5-11,14,24H,1-4,12-13H2. The zero-order valence-electron chi connectivity index (χ0n) is 15.7. The highest BCUT2D eigenvalue weighted by atomic mass is 35.5. The lowest BCUT2D eigenvalue weighted by Crippen LogP contribution is -2.25. The molecule has 9 heteroatoms. The quantitative estimate of drug-likeness (QED) is 0.591. The van der Waals surface area contributed by atoms with Gasteiger partial charge in [0, 0.05) is 24.3 Å². The molecule has 0 unspecified atom stereocenters. The van der Waals surface area contributed by atoms with E-state index in [0.717, 1.165) is 35.8 Å². The molecule has 0 amide bonds. The van der Waals surface area contributed by atoms with Crippen LogP contribution in [0.15, 0.2) is 52.7 Å². The smallest absolute Gasteiger partial charge is 0.271 e. The molecule has 2 aromatic heterocycles. The van der Waals surface area contributed by atoms with Gasteiger partial charge < -0.3 is 4.90 Å². The van der Waals surface area contributed by atoms with Crippen molar-refractivity contribution in [3.8, 4) is 11.3 Å². The number of nitrogens with zero attached hydrogens (tertiary/aromatic N) is 3. The Morgan fingerprint density at radius 3 is 2.41 bits per heavy atom. The van der Waals surface area contributed by atoms with Crippen molar-refractivity contribution in [2.75, 3.05) is 22.7 Å². The van der Waals surface area contributed by atoms with E-state index in [4.69, 9.17) is 11.6 Å². The third-order valence-corrected chi connectivity index (χ3v) is 7.91. The van der Waals surface area contributed by atoms with Crippen LogP contribution in [0.4, 0.5) is 11.5 Å². The van der Waals surface area contributed by atoms with Gasteiger partial charge >= 0.3 is 0 Å². The number of rotatable bonds is 5. The fraction of sp³-hybridized carbons (Fsp3) is 0.300. The first-order valence-corrected chi connectivity index (χ1v) is 12.2. The van der Waals surface area contributed by atoms with Crippen molar-refractivity contribution in [1.82, 2.24) is 10.2 Å². The number of aromatic nitrogens is 2. The minimum Gasteiger partial charge on any atom is -0.355 e. The fourth-order valence-corrected chi connectivity index (χ4v) is 5.87. The number of sulfonamides is 1. The Hall–Kier alpha value is -2.16. The van der Waals surface area contributed by atoms with E-state index in [1.165, 1.54) is 31.7 Å². The van der Waals surface area contributed by atoms with Crippen molar-refractivity contribution < 1.29 is 8.42 Å². The molecule has 29 heavy (non-hydrogen) atoms. The lowest BCUT2D eigenvalue weighted by molar-refractivity contribution is 0.603. The second-order valence-corrected chi connectivity index (χ2v) is 10.5. The van der Waals surface area contributed by atoms with E-state index >= 15 is 0 Å². The highest BCUT2D eigenvalue weighted by Gasteiger charge is 2.17. The first-order valence-electron chi connectivity index (χ1n) is 9.48. The maximum Gasteiger partial charge on any atom is 0.271 e. The van der Waals surface area contributed by atoms with Crippen LogP contribution in [0.3, 0.4) is 0 Å². The number of hydrogen-bond donors (Lipinski definition) is 1. The Balaban J connectivity index is 1.52. The van der Waals surface area contributed by atoms with Gasteiger partial charge in [-0.3, -0.25) is 4.72 Å². The largest absolute Gasteiger partial charge is 0.355 e. The molecule has 1 aliphatic heterocycles. The molecular weight excluding hydrogens is 428 g/mol. The Bertz CT molecular complexity index is 1080. The van der Waals surface area contributed by atoms with Gasteiger partial charge in [0.05, 0.1) is 10.0 Å². The van der Waals surface area contributed by atoms with Gasteiger partial charge in [0.15, 0.2) is 5.82 Å². The van der Waals surface area contributed by atoms with Gasteiger partial charge in [-0.05, 0) is 49.2 Å². The Kier molecular flexibility index (Phi) is 6.03. The number of anilines is 2. The molecule has 1 fully saturated rings. The van der Waals surface area contributed by atoms with Gasteiger partial charge in [0.2, 0.25) is 0 Å². The van der Waals surface area contributed by atoms with Crippen LogP contribution in [-0.2, 0) is 10.0 Å². The zero-order valence-corrected chi connectivity index (χ0v) is 18.1. The van der Waals surface area contributed by atoms with Crippen molar-refractivity contribution in [2.45, 2.75) is 29.9 Å². The summed E-state index contributed by atoms with van der Waals surface area (Å²) < 4.78 is 28.2. The van der Waals surface area contributed by atoms with E-state index in [0.29, 0.717) is 15.7 Å². The minimum absolute atomic E-state index is 0.175. The predicted octanol–water partition coefficient (Wildman–Crippen LogP) is 5.04. The van der Waals surface area contributed by atoms with Crippen LogP contribution in [-0.4, -0.2) is 31.7 Å². The van der Waals surface area contributed by atoms with Crippen LogP contribution >= 0.6 is 22.9 Å². The summed E-state index contributed by atoms with van der Waals surface area (Å²) in [6, 6.07) is 14.1. The molecule has 3 heterocycles. The molecular formula is C20H21ClN4O2S2. The summed E-state index contributed by atoms with van der Waals surface area (Å²) >= 11 is 6.88. The maximum absolute atomic E-state index is 12.5. The summed E-state index contributed by atoms with van der Waals surface area (Å²) in [5, 5.41) is 8.77. The first-order chi connectivity index (χ1) is 14.0. The number of benzene rings is 1. The van der Waals surface area contributed by atoms with Crippen molar-refractivity contribution in [2.24, 2.45) is 0 Å². The number of nitrogens with one attached hydrogen (secondary N) is 1. The SMILES string of the molecule is O=S(=O)(Nc1cccc(-c2ccc(N3CCCCCC3)nn2)c1)c1ccc(Cl)s1. The molecule has 4 rings (SSSR count). The van der Waals surface area contributed by atoms with Gasteiger partial charge in [0.1, 0.15) is 4.21 Å². The summed E-state index contributed by atoms with van der Waals surface area (Å²) in [6.45, 7) is 2.02. The van der Waals surface area contributed by atoms with Crippen LogP contribution in [0, 0.1) is 0 Å². The molecule has 0 aliphatic carbocycles. The lowest BCUT2D eigenvalue weighted by Gasteiger charge is -2.20. The number of hydrogen-bond acceptors (Lipinski definition) is 6. The van der Waals surface area contributed by atoms with Crippen molar-refractivity contribution >= 4 is 44.5 Å². The first kappa shape index (κ1) is 20.1. The molecule has 3 aromatic rings. The molecule has 152 valence electrons. The average Bonchev–Trinajstić information content (AvgIpc) is 2.99. The topological polar surface area (TPSA) is 75.2 Å².